The van der Waals surface area contributed by atoms with Crippen molar-refractivity contribution in [1.29, 1.82) is 0 Å². The van der Waals surface area contributed by atoms with E-state index >= 15 is 0 Å². The molecular weight excluding hydrogens is 176 g/mol. The number of hydrogen-bond acceptors (Lipinski definition) is 3. The molecule has 78 valence electrons. The second-order valence-electron chi connectivity index (χ2n) is 3.89. The molecule has 1 fully saturated rings. The van der Waals surface area contributed by atoms with Gasteiger partial charge in [-0.2, -0.15) is 0 Å². The lowest BCUT2D eigenvalue weighted by molar-refractivity contribution is 0.556. The van der Waals surface area contributed by atoms with Gasteiger partial charge in [0, 0.05) is 18.2 Å². The third kappa shape index (κ3) is 3.52. The highest BCUT2D eigenvalue weighted by molar-refractivity contribution is 5.04. The van der Waals surface area contributed by atoms with Crippen molar-refractivity contribution in [2.24, 2.45) is 0 Å². The SMILES string of the molecule is c1cc(CNCCCNC2CC2)co1. The molecule has 1 aliphatic rings. The quantitative estimate of drug-likeness (QED) is 0.646. The Hall–Kier alpha value is -0.800. The summed E-state index contributed by atoms with van der Waals surface area (Å²) in [5.74, 6) is 0. The standard InChI is InChI=1S/C11H18N2O/c1(6-13-11-2-3-11)5-12-8-10-4-7-14-9-10/h4,7,9,11-13H,1-3,5-6,8H2. The number of hydrogen-bond donors (Lipinski definition) is 2. The van der Waals surface area contributed by atoms with Gasteiger partial charge in [0.25, 0.3) is 0 Å². The summed E-state index contributed by atoms with van der Waals surface area (Å²) in [5.41, 5.74) is 1.22. The van der Waals surface area contributed by atoms with Crippen molar-refractivity contribution < 1.29 is 4.42 Å². The van der Waals surface area contributed by atoms with Gasteiger partial charge in [-0.1, -0.05) is 0 Å². The van der Waals surface area contributed by atoms with Crippen LogP contribution in [0.3, 0.4) is 0 Å². The largest absolute Gasteiger partial charge is 0.472 e. The van der Waals surface area contributed by atoms with E-state index in [9.17, 15) is 0 Å². The summed E-state index contributed by atoms with van der Waals surface area (Å²) in [5, 5.41) is 6.87. The zero-order valence-electron chi connectivity index (χ0n) is 8.46. The van der Waals surface area contributed by atoms with Crippen LogP contribution in [0.15, 0.2) is 23.0 Å². The summed E-state index contributed by atoms with van der Waals surface area (Å²) >= 11 is 0. The summed E-state index contributed by atoms with van der Waals surface area (Å²) < 4.78 is 4.98. The topological polar surface area (TPSA) is 37.2 Å². The van der Waals surface area contributed by atoms with Crippen LogP contribution in [0.2, 0.25) is 0 Å². The molecule has 0 spiro atoms. The van der Waals surface area contributed by atoms with Crippen LogP contribution in [0.5, 0.6) is 0 Å². The van der Waals surface area contributed by atoms with Crippen LogP contribution in [0.25, 0.3) is 0 Å². The molecular formula is C11H18N2O. The van der Waals surface area contributed by atoms with E-state index in [1.54, 1.807) is 12.5 Å². The van der Waals surface area contributed by atoms with E-state index in [4.69, 9.17) is 4.42 Å². The molecule has 1 saturated carbocycles. The van der Waals surface area contributed by atoms with Gasteiger partial charge in [-0.05, 0) is 38.4 Å². The normalized spacial score (nSPS) is 16.0. The fourth-order valence-corrected chi connectivity index (χ4v) is 1.43. The molecule has 1 heterocycles. The highest BCUT2D eigenvalue weighted by atomic mass is 16.3. The lowest BCUT2D eigenvalue weighted by Gasteiger charge is -2.03. The Bertz CT molecular complexity index is 242. The van der Waals surface area contributed by atoms with Crippen LogP contribution < -0.4 is 10.6 Å². The number of furan rings is 1. The Morgan fingerprint density at radius 3 is 3.00 bits per heavy atom. The molecule has 0 unspecified atom stereocenters. The Morgan fingerprint density at radius 1 is 1.36 bits per heavy atom. The molecule has 3 nitrogen and oxygen atoms in total. The molecule has 1 aromatic heterocycles. The van der Waals surface area contributed by atoms with Gasteiger partial charge in [0.2, 0.25) is 0 Å². The number of nitrogens with one attached hydrogen (secondary N) is 2. The van der Waals surface area contributed by atoms with Crippen LogP contribution in [0.1, 0.15) is 24.8 Å². The Labute approximate surface area is 84.9 Å². The van der Waals surface area contributed by atoms with Crippen molar-refractivity contribution in [3.05, 3.63) is 24.2 Å². The lowest BCUT2D eigenvalue weighted by atomic mass is 10.3. The Kier molecular flexibility index (Phi) is 3.60. The van der Waals surface area contributed by atoms with Gasteiger partial charge >= 0.3 is 0 Å². The summed E-state index contributed by atoms with van der Waals surface area (Å²) in [6.07, 6.45) is 7.46. The first-order valence-corrected chi connectivity index (χ1v) is 5.40. The fourth-order valence-electron chi connectivity index (χ4n) is 1.43. The van der Waals surface area contributed by atoms with E-state index in [1.807, 2.05) is 6.07 Å². The van der Waals surface area contributed by atoms with Gasteiger partial charge in [0.1, 0.15) is 0 Å². The van der Waals surface area contributed by atoms with Crippen LogP contribution in [-0.4, -0.2) is 19.1 Å². The maximum absolute atomic E-state index is 4.98. The molecule has 0 amide bonds. The van der Waals surface area contributed by atoms with Gasteiger partial charge < -0.3 is 15.1 Å². The highest BCUT2D eigenvalue weighted by Gasteiger charge is 2.19. The molecule has 1 aliphatic carbocycles. The molecule has 2 N–H and O–H groups in total. The highest BCUT2D eigenvalue weighted by Crippen LogP contribution is 2.18. The smallest absolute Gasteiger partial charge is 0.0947 e. The van der Waals surface area contributed by atoms with Crippen molar-refractivity contribution in [3.63, 3.8) is 0 Å². The Morgan fingerprint density at radius 2 is 2.29 bits per heavy atom. The van der Waals surface area contributed by atoms with Crippen molar-refractivity contribution in [2.45, 2.75) is 31.8 Å². The van der Waals surface area contributed by atoms with Crippen molar-refractivity contribution in [1.82, 2.24) is 10.6 Å². The second kappa shape index (κ2) is 5.17. The van der Waals surface area contributed by atoms with E-state index < -0.39 is 0 Å². The zero-order chi connectivity index (χ0) is 9.64. The minimum Gasteiger partial charge on any atom is -0.472 e. The first-order chi connectivity index (χ1) is 6.95. The molecule has 0 radical (unpaired) electrons. The molecule has 0 saturated heterocycles. The van der Waals surface area contributed by atoms with Crippen LogP contribution in [0, 0.1) is 0 Å². The van der Waals surface area contributed by atoms with Crippen LogP contribution in [0.4, 0.5) is 0 Å². The van der Waals surface area contributed by atoms with Gasteiger partial charge in [0.15, 0.2) is 0 Å². The monoisotopic (exact) mass is 194 g/mol. The van der Waals surface area contributed by atoms with Gasteiger partial charge in [0.05, 0.1) is 12.5 Å². The molecule has 0 aromatic carbocycles. The predicted molar refractivity (Wildman–Crippen MR) is 56.1 cm³/mol. The average Bonchev–Trinajstić information content (AvgIpc) is 2.87. The molecule has 2 rings (SSSR count). The maximum atomic E-state index is 4.98. The third-order valence-electron chi connectivity index (χ3n) is 2.45. The third-order valence-corrected chi connectivity index (χ3v) is 2.45. The van der Waals surface area contributed by atoms with Crippen LogP contribution >= 0.6 is 0 Å². The van der Waals surface area contributed by atoms with Crippen molar-refractivity contribution in [3.8, 4) is 0 Å². The molecule has 0 atom stereocenters. The molecule has 1 aromatic rings. The average molecular weight is 194 g/mol. The second-order valence-corrected chi connectivity index (χ2v) is 3.89. The number of rotatable bonds is 7. The lowest BCUT2D eigenvalue weighted by Crippen LogP contribution is -2.22. The molecule has 3 heteroatoms. The van der Waals surface area contributed by atoms with Gasteiger partial charge in [-0.3, -0.25) is 0 Å². The van der Waals surface area contributed by atoms with E-state index in [0.717, 1.165) is 25.7 Å². The van der Waals surface area contributed by atoms with Crippen LogP contribution in [-0.2, 0) is 6.54 Å². The zero-order valence-corrected chi connectivity index (χ0v) is 8.46. The van der Waals surface area contributed by atoms with E-state index in [0.29, 0.717) is 0 Å². The molecule has 14 heavy (non-hydrogen) atoms. The summed E-state index contributed by atoms with van der Waals surface area (Å²) in [7, 11) is 0. The first-order valence-electron chi connectivity index (χ1n) is 5.40. The minimum atomic E-state index is 0.837. The summed E-state index contributed by atoms with van der Waals surface area (Å²) in [6, 6.07) is 2.83. The maximum Gasteiger partial charge on any atom is 0.0947 e. The van der Waals surface area contributed by atoms with E-state index in [-0.39, 0.29) is 0 Å². The molecule has 0 bridgehead atoms. The first kappa shape index (κ1) is 9.74. The van der Waals surface area contributed by atoms with Gasteiger partial charge in [-0.15, -0.1) is 0 Å². The minimum absolute atomic E-state index is 0.837. The summed E-state index contributed by atoms with van der Waals surface area (Å²) in [4.78, 5) is 0. The summed E-state index contributed by atoms with van der Waals surface area (Å²) in [6.45, 7) is 3.13. The fraction of sp³-hybridized carbons (Fsp3) is 0.636. The van der Waals surface area contributed by atoms with E-state index in [1.165, 1.54) is 24.8 Å². The molecule has 0 aliphatic heterocycles. The predicted octanol–water partition coefficient (Wildman–Crippen LogP) is 1.51. The van der Waals surface area contributed by atoms with Crippen molar-refractivity contribution >= 4 is 0 Å². The van der Waals surface area contributed by atoms with Crippen molar-refractivity contribution in [2.75, 3.05) is 13.1 Å². The van der Waals surface area contributed by atoms with Gasteiger partial charge in [-0.25, -0.2) is 0 Å². The Balaban J connectivity index is 1.43. The van der Waals surface area contributed by atoms with E-state index in [2.05, 4.69) is 10.6 Å².